The van der Waals surface area contributed by atoms with Crippen LogP contribution in [0.15, 0.2) is 103 Å². The van der Waals surface area contributed by atoms with Crippen LogP contribution in [-0.4, -0.2) is 107 Å². The Hall–Kier alpha value is -9.93. The minimum Gasteiger partial charge on any atom is -0.508 e. The van der Waals surface area contributed by atoms with Gasteiger partial charge in [-0.05, 0) is 108 Å². The fraction of sp³-hybridized carbons (Fsp3) is 0.169. The van der Waals surface area contributed by atoms with Crippen molar-refractivity contribution in [2.45, 2.75) is 54.5 Å². The molecule has 13 rings (SSSR count). The molecule has 17 bridgehead atoms. The first kappa shape index (κ1) is 60.7. The van der Waals surface area contributed by atoms with Crippen LogP contribution in [0.2, 0.25) is 20.1 Å². The topological polar surface area (TPSA) is 413 Å². The highest BCUT2D eigenvalue weighted by atomic mass is 35.5. The van der Waals surface area contributed by atoms with Crippen molar-refractivity contribution < 1.29 is 93.7 Å². The van der Waals surface area contributed by atoms with Gasteiger partial charge >= 0.3 is 5.97 Å². The lowest BCUT2D eigenvalue weighted by atomic mass is 9.89. The predicted octanol–water partition coefficient (Wildman–Crippen LogP) is 6.04. The number of aliphatic hydroxyl groups excluding tert-OH is 2. The number of ether oxygens (including phenoxy) is 3. The van der Waals surface area contributed by atoms with E-state index in [1.165, 1.54) is 37.4 Å². The number of aromatic hydroxyl groups is 6. The normalized spacial score (nSPS) is 22.4. The van der Waals surface area contributed by atoms with Crippen molar-refractivity contribution in [1.29, 1.82) is 0 Å². The second-order valence-electron chi connectivity index (χ2n) is 20.6. The van der Waals surface area contributed by atoms with Gasteiger partial charge in [0.2, 0.25) is 41.2 Å². The average molecular weight is 1300 g/mol. The Morgan fingerprint density at radius 2 is 1.03 bits per heavy atom. The Balaban J connectivity index is 1.17. The molecule has 0 aromatic heterocycles. The number of phenolic OH excluding ortho intramolecular Hbond substituents is 6. The Labute approximate surface area is 520 Å². The van der Waals surface area contributed by atoms with E-state index >= 15 is 19.2 Å². The van der Waals surface area contributed by atoms with Gasteiger partial charge in [0, 0.05) is 34.4 Å². The summed E-state index contributed by atoms with van der Waals surface area (Å²) in [6.07, 6.45) is -4.31. The summed E-state index contributed by atoms with van der Waals surface area (Å²) < 4.78 is 18.4. The lowest BCUT2D eigenvalue weighted by molar-refractivity contribution is -0.143. The number of hydrogen-bond donors (Lipinski definition) is 16. The van der Waals surface area contributed by atoms with Gasteiger partial charge in [0.15, 0.2) is 34.8 Å². The summed E-state index contributed by atoms with van der Waals surface area (Å²) in [4.78, 5) is 104. The molecule has 0 saturated carbocycles. The smallest absolute Gasteiger partial charge is 0.330 e. The summed E-state index contributed by atoms with van der Waals surface area (Å²) >= 11 is 27.3. The van der Waals surface area contributed by atoms with Gasteiger partial charge in [-0.1, -0.05) is 64.6 Å². The summed E-state index contributed by atoms with van der Waals surface area (Å²) in [7, 11) is 1.39. The zero-order valence-corrected chi connectivity index (χ0v) is 48.2. The molecule has 0 radical (unpaired) electrons. The largest absolute Gasteiger partial charge is 0.508 e. The maximum atomic E-state index is 15.8. The summed E-state index contributed by atoms with van der Waals surface area (Å²) in [5.74, 6) is -16.9. The monoisotopic (exact) mass is 1300 g/mol. The molecule has 9 atom stereocenters. The molecule has 26 nitrogen and oxygen atoms in total. The number of fused-ring (bicyclic) bond motifs is 14. The van der Waals surface area contributed by atoms with E-state index in [9.17, 15) is 60.3 Å². The molecule has 0 unspecified atom stereocenters. The number of halogens is 4. The van der Waals surface area contributed by atoms with Gasteiger partial charge in [0.05, 0.1) is 20.1 Å². The van der Waals surface area contributed by atoms with Gasteiger partial charge < -0.3 is 97.4 Å². The van der Waals surface area contributed by atoms with E-state index in [0.29, 0.717) is 0 Å². The SMILES string of the molecule is CN[C@H]1C(=O)N[C@H]2C(=O)N[C@H](C(=O)N[C@H]3C(=O)N[C@H]4C(=O)N[C@H](C(=O)N[C@H](C(=O)O)c5cc(O)cc(O)c5-c5cc4ccc5O)[C@@H](O)c4cc(Cl)c(c(Cl)c4)Oc4cc3cc(c4O)Oc3ccc(cc3Cl)[C@H]2O)c2cc(cc(O)c2Cl)Oc2cc1ccc2O. The van der Waals surface area contributed by atoms with Crippen LogP contribution in [0.1, 0.15) is 81.4 Å². The van der Waals surface area contributed by atoms with Crippen molar-refractivity contribution in [1.82, 2.24) is 37.2 Å². The van der Waals surface area contributed by atoms with Gasteiger partial charge in [0.1, 0.15) is 83.0 Å². The molecule has 458 valence electrons. The molecule has 89 heavy (non-hydrogen) atoms. The van der Waals surface area contributed by atoms with Crippen LogP contribution in [0.25, 0.3) is 11.1 Å². The van der Waals surface area contributed by atoms with Crippen molar-refractivity contribution in [3.05, 3.63) is 162 Å². The second-order valence-corrected chi connectivity index (χ2v) is 22.2. The Kier molecular flexibility index (Phi) is 16.1. The highest BCUT2D eigenvalue weighted by molar-refractivity contribution is 6.37. The fourth-order valence-corrected chi connectivity index (χ4v) is 11.6. The van der Waals surface area contributed by atoms with Crippen molar-refractivity contribution in [3.8, 4) is 80.1 Å². The number of rotatable bonds is 2. The lowest BCUT2D eigenvalue weighted by Gasteiger charge is -2.31. The molecule has 0 aliphatic carbocycles. The number of aliphatic carboxylic acids is 1. The molecule has 0 saturated heterocycles. The second kappa shape index (κ2) is 23.6. The third-order valence-corrected chi connectivity index (χ3v) is 16.3. The first-order valence-corrected chi connectivity index (χ1v) is 27.8. The predicted molar refractivity (Wildman–Crippen MR) is 311 cm³/mol. The van der Waals surface area contributed by atoms with Crippen LogP contribution in [0.5, 0.6) is 69.0 Å². The van der Waals surface area contributed by atoms with Crippen LogP contribution in [0, 0.1) is 0 Å². The van der Waals surface area contributed by atoms with Crippen LogP contribution < -0.4 is 51.4 Å². The molecule has 6 aliphatic rings. The summed E-state index contributed by atoms with van der Waals surface area (Å²) in [6, 6.07) is 3.44. The number of nitrogens with one attached hydrogen (secondary N) is 7. The number of aliphatic hydroxyl groups is 2. The van der Waals surface area contributed by atoms with Crippen molar-refractivity contribution in [2.75, 3.05) is 7.05 Å². The number of benzene rings is 7. The summed E-state index contributed by atoms with van der Waals surface area (Å²) in [5, 5.41) is 119. The molecule has 7 aromatic rings. The van der Waals surface area contributed by atoms with E-state index in [2.05, 4.69) is 37.2 Å². The highest BCUT2D eigenvalue weighted by Gasteiger charge is 2.43. The molecule has 30 heteroatoms. The zero-order chi connectivity index (χ0) is 63.8. The molecule has 6 aliphatic heterocycles. The zero-order valence-electron chi connectivity index (χ0n) is 45.1. The van der Waals surface area contributed by atoms with Crippen LogP contribution >= 0.6 is 46.4 Å². The third-order valence-electron chi connectivity index (χ3n) is 15.0. The Morgan fingerprint density at radius 3 is 1.71 bits per heavy atom. The summed E-state index contributed by atoms with van der Waals surface area (Å²) in [6.45, 7) is 0. The number of amides is 6. The number of hydrogen-bond acceptors (Lipinski definition) is 19. The molecular formula is C59H45Cl4N7O19. The summed E-state index contributed by atoms with van der Waals surface area (Å²) in [5.41, 5.74) is -3.13. The number of carboxylic acids is 1. The Morgan fingerprint density at radius 1 is 0.472 bits per heavy atom. The number of carbonyl (C=O) groups excluding carboxylic acids is 6. The van der Waals surface area contributed by atoms with E-state index in [1.807, 2.05) is 0 Å². The Bertz CT molecular complexity index is 4190. The van der Waals surface area contributed by atoms with Crippen molar-refractivity contribution in [3.63, 3.8) is 0 Å². The van der Waals surface area contributed by atoms with Gasteiger partial charge in [0.25, 0.3) is 0 Å². The maximum absolute atomic E-state index is 15.8. The molecule has 0 spiro atoms. The van der Waals surface area contributed by atoms with Gasteiger partial charge in [-0.2, -0.15) is 0 Å². The molecule has 7 aromatic carbocycles. The van der Waals surface area contributed by atoms with Crippen LogP contribution in [-0.2, 0) is 33.6 Å². The standard InChI is InChI=1S/C59H45Cl4N7O19/c1-64-42-20-3-6-33(73)37(12-20)87-25-17-28(41(63)35(75)18-25)45-56(82)66-44-22-13-38(88-36-7-4-21(9-29(36)60)49(76)47(57(83)67-45)69-53(42)79)51(78)39(14-22)89-52-30(61)10-23(11-31(52)62)50(77)48-58(84)68-46(59(85)86)27-15-24(71)16-34(74)40(27)26-8-19(2-5-32(26)72)43(54(80)70-48)65-55(44)81/h2-18,42-50,64,71-78H,1H3,(H,65,81)(H,66,82)(H,67,83)(H,68,84)(H,69,79)(H,70,80)(H,85,86)/t42-,43-,44-,45+,46+,47-,48+,49-,50+/m1/s1. The van der Waals surface area contributed by atoms with E-state index < -0.39 is 191 Å². The minimum absolute atomic E-state index is 0.144. The van der Waals surface area contributed by atoms with Gasteiger partial charge in [-0.3, -0.25) is 28.8 Å². The quantitative estimate of drug-likeness (QED) is 0.0937. The van der Waals surface area contributed by atoms with Crippen LogP contribution in [0.4, 0.5) is 0 Å². The van der Waals surface area contributed by atoms with E-state index in [-0.39, 0.29) is 44.5 Å². The molecular weight excluding hydrogens is 1250 g/mol. The number of carboxylic acid groups (broad SMARTS) is 1. The van der Waals surface area contributed by atoms with Crippen LogP contribution in [0.3, 0.4) is 0 Å². The fourth-order valence-electron chi connectivity index (χ4n) is 10.6. The first-order chi connectivity index (χ1) is 42.3. The number of likely N-dealkylation sites (N-methyl/N-ethyl adjacent to an activating group) is 1. The molecule has 6 heterocycles. The number of carbonyl (C=O) groups is 7. The van der Waals surface area contributed by atoms with Gasteiger partial charge in [-0.25, -0.2) is 4.79 Å². The lowest BCUT2D eigenvalue weighted by Crippen LogP contribution is -2.56. The van der Waals surface area contributed by atoms with Crippen molar-refractivity contribution in [2.24, 2.45) is 0 Å². The molecule has 6 amide bonds. The number of phenols is 6. The van der Waals surface area contributed by atoms with Crippen molar-refractivity contribution >= 4 is 87.8 Å². The average Bonchev–Trinajstić information content (AvgIpc) is 1.34. The molecule has 16 N–H and O–H groups in total. The maximum Gasteiger partial charge on any atom is 0.330 e. The first-order valence-electron chi connectivity index (χ1n) is 26.3. The van der Waals surface area contributed by atoms with Gasteiger partial charge in [-0.15, -0.1) is 0 Å². The minimum atomic E-state index is -2.30. The highest BCUT2D eigenvalue weighted by Crippen LogP contribution is 2.50. The van der Waals surface area contributed by atoms with E-state index in [1.54, 1.807) is 0 Å². The van der Waals surface area contributed by atoms with E-state index in [0.717, 1.165) is 72.8 Å². The van der Waals surface area contributed by atoms with E-state index in [4.69, 9.17) is 60.6 Å². The third kappa shape index (κ3) is 11.4. The molecule has 0 fully saturated rings.